The minimum absolute atomic E-state index is 0.00594. The number of amides is 1. The monoisotopic (exact) mass is 440 g/mol. The molecule has 0 atom stereocenters. The van der Waals surface area contributed by atoms with Crippen molar-refractivity contribution in [1.29, 1.82) is 0 Å². The van der Waals surface area contributed by atoms with E-state index in [1.165, 1.54) is 23.9 Å². The van der Waals surface area contributed by atoms with Crippen LogP contribution in [0, 0.1) is 11.6 Å². The van der Waals surface area contributed by atoms with Crippen LogP contribution >= 0.6 is 0 Å². The van der Waals surface area contributed by atoms with E-state index in [0.29, 0.717) is 11.2 Å². The Balaban J connectivity index is 1.82. The number of carboxylic acid groups (broad SMARTS) is 1. The second-order valence-electron chi connectivity index (χ2n) is 7.06. The third kappa shape index (κ3) is 3.85. The van der Waals surface area contributed by atoms with Gasteiger partial charge in [0.25, 0.3) is 0 Å². The number of hydrogen-bond donors (Lipinski definition) is 3. The highest BCUT2D eigenvalue weighted by Crippen LogP contribution is 2.29. The van der Waals surface area contributed by atoms with Gasteiger partial charge in [-0.2, -0.15) is 5.10 Å². The summed E-state index contributed by atoms with van der Waals surface area (Å²) in [6.07, 6.45) is -0.146. The van der Waals surface area contributed by atoms with Crippen LogP contribution in [-0.2, 0) is 13.1 Å². The summed E-state index contributed by atoms with van der Waals surface area (Å²) in [4.78, 5) is 24.6. The van der Waals surface area contributed by atoms with Gasteiger partial charge in [0, 0.05) is 12.6 Å². The van der Waals surface area contributed by atoms with Gasteiger partial charge >= 0.3 is 6.09 Å². The van der Waals surface area contributed by atoms with Crippen LogP contribution in [0.5, 0.6) is 0 Å². The Morgan fingerprint density at radius 3 is 2.53 bits per heavy atom. The number of halogens is 2. The summed E-state index contributed by atoms with van der Waals surface area (Å²) in [5, 5.41) is 13.8. The average molecular weight is 440 g/mol. The molecule has 1 amide bonds. The first-order valence-electron chi connectivity index (χ1n) is 9.36. The van der Waals surface area contributed by atoms with E-state index in [0.717, 1.165) is 11.1 Å². The molecule has 10 nitrogen and oxygen atoms in total. The highest BCUT2D eigenvalue weighted by Gasteiger charge is 2.21. The minimum atomic E-state index is -1.17. The summed E-state index contributed by atoms with van der Waals surface area (Å²) >= 11 is 0. The van der Waals surface area contributed by atoms with E-state index in [9.17, 15) is 13.6 Å². The van der Waals surface area contributed by atoms with E-state index in [4.69, 9.17) is 16.6 Å². The SMILES string of the molecule is CN(Cc1c(N)nc(-c2nn(Cc3ccccc3F)c3ncc(F)cc23)nc1N)C(=O)O. The van der Waals surface area contributed by atoms with Gasteiger partial charge in [-0.25, -0.2) is 33.2 Å². The van der Waals surface area contributed by atoms with Crippen molar-refractivity contribution in [3.63, 3.8) is 0 Å². The molecule has 5 N–H and O–H groups in total. The second-order valence-corrected chi connectivity index (χ2v) is 7.06. The molecule has 32 heavy (non-hydrogen) atoms. The minimum Gasteiger partial charge on any atom is -0.465 e. The molecule has 3 aromatic heterocycles. The molecule has 0 aliphatic rings. The van der Waals surface area contributed by atoms with Crippen LogP contribution in [0.25, 0.3) is 22.6 Å². The number of benzene rings is 1. The standard InChI is InChI=1S/C20H18F2N8O2/c1-29(20(31)32)9-13-16(23)26-18(27-17(13)24)15-12-6-11(21)7-25-19(12)30(28-15)8-10-4-2-3-5-14(10)22/h2-7H,8-9H2,1H3,(H,31,32)(H4,23,24,26,27). The maximum absolute atomic E-state index is 14.2. The highest BCUT2D eigenvalue weighted by atomic mass is 19.1. The number of hydrogen-bond acceptors (Lipinski definition) is 7. The number of fused-ring (bicyclic) bond motifs is 1. The van der Waals surface area contributed by atoms with Gasteiger partial charge in [0.15, 0.2) is 11.5 Å². The molecule has 0 fully saturated rings. The van der Waals surface area contributed by atoms with Crippen LogP contribution in [0.3, 0.4) is 0 Å². The van der Waals surface area contributed by atoms with E-state index in [-0.39, 0.29) is 47.2 Å². The molecule has 0 saturated carbocycles. The van der Waals surface area contributed by atoms with E-state index in [1.54, 1.807) is 18.2 Å². The van der Waals surface area contributed by atoms with Crippen molar-refractivity contribution in [2.24, 2.45) is 0 Å². The van der Waals surface area contributed by atoms with E-state index >= 15 is 0 Å². The van der Waals surface area contributed by atoms with Gasteiger partial charge in [0.1, 0.15) is 29.0 Å². The number of carbonyl (C=O) groups is 1. The lowest BCUT2D eigenvalue weighted by Crippen LogP contribution is -2.25. The van der Waals surface area contributed by atoms with Gasteiger partial charge in [-0.3, -0.25) is 0 Å². The first kappa shape index (κ1) is 20.9. The summed E-state index contributed by atoms with van der Waals surface area (Å²) in [6, 6.07) is 7.40. The Kier molecular flexibility index (Phi) is 5.26. The molecule has 0 aliphatic carbocycles. The van der Waals surface area contributed by atoms with E-state index < -0.39 is 17.7 Å². The number of aromatic nitrogens is 5. The van der Waals surface area contributed by atoms with Gasteiger partial charge in [0.05, 0.1) is 30.2 Å². The molecule has 4 aromatic rings. The van der Waals surface area contributed by atoms with Crippen molar-refractivity contribution < 1.29 is 18.7 Å². The summed E-state index contributed by atoms with van der Waals surface area (Å²) in [5.74, 6) is -1.10. The van der Waals surface area contributed by atoms with Gasteiger partial charge in [-0.05, 0) is 12.1 Å². The molecule has 0 unspecified atom stereocenters. The zero-order valence-electron chi connectivity index (χ0n) is 16.8. The Bertz CT molecular complexity index is 1320. The van der Waals surface area contributed by atoms with Crippen LogP contribution in [0.1, 0.15) is 11.1 Å². The quantitative estimate of drug-likeness (QED) is 0.428. The van der Waals surface area contributed by atoms with Crippen molar-refractivity contribution in [1.82, 2.24) is 29.6 Å². The molecular weight excluding hydrogens is 422 g/mol. The number of nitrogens with zero attached hydrogens (tertiary/aromatic N) is 6. The summed E-state index contributed by atoms with van der Waals surface area (Å²) in [5.41, 5.74) is 13.1. The summed E-state index contributed by atoms with van der Waals surface area (Å²) in [6.45, 7) is -0.0831. The molecule has 0 aliphatic heterocycles. The van der Waals surface area contributed by atoms with E-state index in [1.807, 2.05) is 0 Å². The van der Waals surface area contributed by atoms with Crippen molar-refractivity contribution in [3.05, 3.63) is 59.3 Å². The average Bonchev–Trinajstić information content (AvgIpc) is 3.09. The fraction of sp³-hybridized carbons (Fsp3) is 0.150. The van der Waals surface area contributed by atoms with Gasteiger partial charge in [0.2, 0.25) is 0 Å². The smallest absolute Gasteiger partial charge is 0.407 e. The highest BCUT2D eigenvalue weighted by molar-refractivity contribution is 5.89. The molecule has 1 aromatic carbocycles. The van der Waals surface area contributed by atoms with E-state index in [2.05, 4.69) is 20.1 Å². The normalized spacial score (nSPS) is 11.1. The number of rotatable bonds is 5. The van der Waals surface area contributed by atoms with Crippen LogP contribution < -0.4 is 11.5 Å². The molecule has 4 rings (SSSR count). The molecular formula is C20H18F2N8O2. The first-order chi connectivity index (χ1) is 15.2. The third-order valence-corrected chi connectivity index (χ3v) is 4.84. The Hall–Kier alpha value is -4.35. The fourth-order valence-electron chi connectivity index (χ4n) is 3.19. The maximum Gasteiger partial charge on any atom is 0.407 e. The van der Waals surface area contributed by atoms with Gasteiger partial charge in [-0.15, -0.1) is 0 Å². The summed E-state index contributed by atoms with van der Waals surface area (Å²) < 4.78 is 29.5. The molecule has 164 valence electrons. The maximum atomic E-state index is 14.2. The van der Waals surface area contributed by atoms with Gasteiger partial charge < -0.3 is 21.5 Å². The molecule has 0 spiro atoms. The largest absolute Gasteiger partial charge is 0.465 e. The predicted molar refractivity (Wildman–Crippen MR) is 112 cm³/mol. The van der Waals surface area contributed by atoms with Crippen LogP contribution in [0.4, 0.5) is 25.2 Å². The summed E-state index contributed by atoms with van der Waals surface area (Å²) in [7, 11) is 1.35. The lowest BCUT2D eigenvalue weighted by Gasteiger charge is -2.15. The molecule has 3 heterocycles. The van der Waals surface area contributed by atoms with Crippen molar-refractivity contribution >= 4 is 28.8 Å². The van der Waals surface area contributed by atoms with Crippen molar-refractivity contribution in [2.45, 2.75) is 13.1 Å². The second kappa shape index (κ2) is 8.06. The molecule has 0 bridgehead atoms. The Labute approximate surface area is 180 Å². The Morgan fingerprint density at radius 1 is 1.19 bits per heavy atom. The number of pyridine rings is 1. The van der Waals surface area contributed by atoms with Crippen LogP contribution in [0.15, 0.2) is 36.5 Å². The lowest BCUT2D eigenvalue weighted by atomic mass is 10.2. The lowest BCUT2D eigenvalue weighted by molar-refractivity contribution is 0.154. The number of nitrogens with two attached hydrogens (primary N) is 2. The molecule has 12 heteroatoms. The fourth-order valence-corrected chi connectivity index (χ4v) is 3.19. The number of anilines is 2. The first-order valence-corrected chi connectivity index (χ1v) is 9.36. The predicted octanol–water partition coefficient (Wildman–Crippen LogP) is 2.49. The molecule has 0 saturated heterocycles. The topological polar surface area (TPSA) is 149 Å². The zero-order chi connectivity index (χ0) is 23.0. The van der Waals surface area contributed by atoms with Crippen molar-refractivity contribution in [2.75, 3.05) is 18.5 Å². The Morgan fingerprint density at radius 2 is 1.88 bits per heavy atom. The number of nitrogen functional groups attached to an aromatic ring is 2. The van der Waals surface area contributed by atoms with Crippen LogP contribution in [0.2, 0.25) is 0 Å². The van der Waals surface area contributed by atoms with Crippen LogP contribution in [-0.4, -0.2) is 47.9 Å². The van der Waals surface area contributed by atoms with Gasteiger partial charge in [-0.1, -0.05) is 18.2 Å². The molecule has 0 radical (unpaired) electrons. The third-order valence-electron chi connectivity index (χ3n) is 4.84. The zero-order valence-corrected chi connectivity index (χ0v) is 16.8. The van der Waals surface area contributed by atoms with Crippen molar-refractivity contribution in [3.8, 4) is 11.5 Å².